The van der Waals surface area contributed by atoms with Crippen LogP contribution in [0.3, 0.4) is 0 Å². The van der Waals surface area contributed by atoms with Crippen LogP contribution in [0.1, 0.15) is 85.5 Å². The van der Waals surface area contributed by atoms with Crippen LogP contribution in [0.5, 0.6) is 0 Å². The molecule has 0 aromatic carbocycles. The van der Waals surface area contributed by atoms with E-state index in [4.69, 9.17) is 18.6 Å². The summed E-state index contributed by atoms with van der Waals surface area (Å²) in [5.41, 5.74) is 0.540. The molecule has 3 rings (SSSR count). The minimum Gasteiger partial charge on any atom is -0.478 e. The van der Waals surface area contributed by atoms with E-state index in [-0.39, 0.29) is 23.5 Å². The maximum atomic E-state index is 11.5. The van der Waals surface area contributed by atoms with E-state index in [1.807, 2.05) is 13.0 Å². The Kier molecular flexibility index (Phi) is 10.4. The number of rotatable bonds is 10. The lowest BCUT2D eigenvalue weighted by atomic mass is 9.87. The van der Waals surface area contributed by atoms with Gasteiger partial charge < -0.3 is 23.7 Å². The van der Waals surface area contributed by atoms with Crippen LogP contribution in [0.4, 0.5) is 0 Å². The van der Waals surface area contributed by atoms with Crippen LogP contribution < -0.4 is 0 Å². The molecule has 0 radical (unpaired) electrons. The molecular weight excluding hydrogens is 460 g/mol. The monoisotopic (exact) mass is 510 g/mol. The van der Waals surface area contributed by atoms with Crippen molar-refractivity contribution in [2.24, 2.45) is 17.8 Å². The van der Waals surface area contributed by atoms with E-state index in [0.29, 0.717) is 36.4 Å². The molecule has 1 unspecified atom stereocenters. The number of hydrogen-bond acceptors (Lipinski definition) is 5. The highest BCUT2D eigenvalue weighted by molar-refractivity contribution is 6.74. The van der Waals surface area contributed by atoms with Crippen molar-refractivity contribution in [2.45, 2.75) is 122 Å². The Labute approximate surface area is 214 Å². The first kappa shape index (κ1) is 28.8. The zero-order chi connectivity index (χ0) is 25.6. The summed E-state index contributed by atoms with van der Waals surface area (Å²) in [7, 11) is -1.87. The zero-order valence-electron chi connectivity index (χ0n) is 23.0. The summed E-state index contributed by atoms with van der Waals surface area (Å²) in [4.78, 5) is 11.5. The van der Waals surface area contributed by atoms with Gasteiger partial charge in [0.2, 0.25) is 0 Å². The SMILES string of the molecule is CCC/C(=C\C[C@H]1CC[C@@H]2[C@@H](CO[Si](C)(C)C(C)(C)C)[C@H](OC3CCCCO3)C[C@@H]2OC1)C(=O)O. The van der Waals surface area contributed by atoms with Crippen molar-refractivity contribution in [2.75, 3.05) is 19.8 Å². The van der Waals surface area contributed by atoms with E-state index < -0.39 is 14.3 Å². The zero-order valence-corrected chi connectivity index (χ0v) is 24.0. The highest BCUT2D eigenvalue weighted by atomic mass is 28.4. The van der Waals surface area contributed by atoms with Crippen LogP contribution in [-0.2, 0) is 23.4 Å². The second-order valence-corrected chi connectivity index (χ2v) is 17.3. The lowest BCUT2D eigenvalue weighted by Crippen LogP contribution is -2.44. The van der Waals surface area contributed by atoms with Gasteiger partial charge in [0.15, 0.2) is 14.6 Å². The third kappa shape index (κ3) is 7.87. The number of carboxylic acids is 1. The summed E-state index contributed by atoms with van der Waals surface area (Å²) in [5.74, 6) is 0.307. The number of ether oxygens (including phenoxy) is 3. The Morgan fingerprint density at radius 2 is 1.91 bits per heavy atom. The molecule has 0 spiro atoms. The van der Waals surface area contributed by atoms with Gasteiger partial charge in [-0.25, -0.2) is 4.79 Å². The van der Waals surface area contributed by atoms with Crippen LogP contribution in [0.2, 0.25) is 18.1 Å². The minimum atomic E-state index is -1.87. The number of allylic oxidation sites excluding steroid dienone is 1. The fourth-order valence-electron chi connectivity index (χ4n) is 5.48. The second kappa shape index (κ2) is 12.7. The van der Waals surface area contributed by atoms with Gasteiger partial charge in [0.25, 0.3) is 0 Å². The van der Waals surface area contributed by atoms with Gasteiger partial charge in [-0.05, 0) is 74.9 Å². The van der Waals surface area contributed by atoms with Gasteiger partial charge >= 0.3 is 5.97 Å². The second-order valence-electron chi connectivity index (χ2n) is 12.4. The Bertz CT molecular complexity index is 709. The number of aliphatic carboxylic acids is 1. The van der Waals surface area contributed by atoms with Crippen molar-refractivity contribution in [3.05, 3.63) is 11.6 Å². The van der Waals surface area contributed by atoms with Gasteiger partial charge in [0.05, 0.1) is 18.8 Å². The van der Waals surface area contributed by atoms with E-state index in [2.05, 4.69) is 33.9 Å². The standard InChI is InChI=1S/C28H50O6Si/c1-7-10-21(27(29)30)14-12-20-13-15-22-23(19-33-35(5,6)28(2,3)4)25(17-24(22)32-18-20)34-26-11-8-9-16-31-26/h14,20,22-26H,7-13,15-19H2,1-6H3,(H,29,30)/b21-14+/t20-,22+,23+,24-,25+,26?/m0/s1. The Morgan fingerprint density at radius 1 is 1.14 bits per heavy atom. The van der Waals surface area contributed by atoms with E-state index in [9.17, 15) is 9.90 Å². The summed E-state index contributed by atoms with van der Waals surface area (Å²) in [6.07, 6.45) is 10.7. The van der Waals surface area contributed by atoms with E-state index >= 15 is 0 Å². The highest BCUT2D eigenvalue weighted by Gasteiger charge is 2.48. The van der Waals surface area contributed by atoms with E-state index in [1.165, 1.54) is 0 Å². The van der Waals surface area contributed by atoms with Crippen LogP contribution in [0, 0.1) is 17.8 Å². The van der Waals surface area contributed by atoms with E-state index in [0.717, 1.165) is 64.6 Å². The molecule has 35 heavy (non-hydrogen) atoms. The number of hydrogen-bond donors (Lipinski definition) is 1. The molecule has 3 fully saturated rings. The average molecular weight is 511 g/mol. The Morgan fingerprint density at radius 3 is 2.54 bits per heavy atom. The predicted molar refractivity (Wildman–Crippen MR) is 141 cm³/mol. The quantitative estimate of drug-likeness (QED) is 0.265. The first-order valence-corrected chi connectivity index (χ1v) is 16.9. The largest absolute Gasteiger partial charge is 0.478 e. The normalized spacial score (nSPS) is 32.8. The van der Waals surface area contributed by atoms with E-state index in [1.54, 1.807) is 0 Å². The van der Waals surface area contributed by atoms with Crippen LogP contribution in [0.25, 0.3) is 0 Å². The maximum absolute atomic E-state index is 11.5. The predicted octanol–water partition coefficient (Wildman–Crippen LogP) is 6.55. The molecule has 202 valence electrons. The molecule has 6 nitrogen and oxygen atoms in total. The number of fused-ring (bicyclic) bond motifs is 1. The fourth-order valence-corrected chi connectivity index (χ4v) is 6.52. The van der Waals surface area contributed by atoms with Crippen LogP contribution in [0.15, 0.2) is 11.6 Å². The van der Waals surface area contributed by atoms with Gasteiger partial charge in [0, 0.05) is 31.1 Å². The molecule has 1 N–H and O–H groups in total. The summed E-state index contributed by atoms with van der Waals surface area (Å²) >= 11 is 0. The fraction of sp³-hybridized carbons (Fsp3) is 0.893. The molecule has 0 amide bonds. The topological polar surface area (TPSA) is 74.2 Å². The third-order valence-electron chi connectivity index (χ3n) is 8.82. The van der Waals surface area contributed by atoms with Crippen molar-refractivity contribution < 1.29 is 28.5 Å². The Hall–Kier alpha value is -0.733. The molecule has 2 saturated heterocycles. The molecule has 1 saturated carbocycles. The summed E-state index contributed by atoms with van der Waals surface area (Å²) in [6.45, 7) is 15.7. The first-order valence-electron chi connectivity index (χ1n) is 14.0. The van der Waals surface area contributed by atoms with Crippen molar-refractivity contribution in [3.63, 3.8) is 0 Å². The third-order valence-corrected chi connectivity index (χ3v) is 13.3. The number of carboxylic acid groups (broad SMARTS) is 1. The van der Waals surface area contributed by atoms with Crippen molar-refractivity contribution >= 4 is 14.3 Å². The van der Waals surface area contributed by atoms with Crippen LogP contribution >= 0.6 is 0 Å². The van der Waals surface area contributed by atoms with Crippen LogP contribution in [-0.4, -0.2) is 57.7 Å². The van der Waals surface area contributed by atoms with Crippen molar-refractivity contribution in [1.29, 1.82) is 0 Å². The summed E-state index contributed by atoms with van der Waals surface area (Å²) < 4.78 is 25.7. The summed E-state index contributed by atoms with van der Waals surface area (Å²) in [5, 5.41) is 9.64. The molecule has 0 aromatic rings. The Balaban J connectivity index is 1.67. The molecule has 2 aliphatic heterocycles. The average Bonchev–Trinajstić information content (AvgIpc) is 2.98. The van der Waals surface area contributed by atoms with Crippen molar-refractivity contribution in [1.82, 2.24) is 0 Å². The number of carbonyl (C=O) groups is 1. The molecule has 3 aliphatic rings. The van der Waals surface area contributed by atoms with Gasteiger partial charge in [-0.2, -0.15) is 0 Å². The highest BCUT2D eigenvalue weighted by Crippen LogP contribution is 2.45. The molecule has 1 aliphatic carbocycles. The smallest absolute Gasteiger partial charge is 0.331 e. The summed E-state index contributed by atoms with van der Waals surface area (Å²) in [6, 6.07) is 0. The van der Waals surface area contributed by atoms with Gasteiger partial charge in [-0.15, -0.1) is 0 Å². The molecule has 0 bridgehead atoms. The first-order chi connectivity index (χ1) is 16.5. The molecule has 2 heterocycles. The minimum absolute atomic E-state index is 0.0997. The molecule has 0 aromatic heterocycles. The molecular formula is C28H50O6Si. The lowest BCUT2D eigenvalue weighted by Gasteiger charge is -2.38. The molecule has 7 heteroatoms. The van der Waals surface area contributed by atoms with Crippen molar-refractivity contribution in [3.8, 4) is 0 Å². The van der Waals surface area contributed by atoms with Gasteiger partial charge in [-0.3, -0.25) is 0 Å². The van der Waals surface area contributed by atoms with Gasteiger partial charge in [0.1, 0.15) is 0 Å². The molecule has 6 atom stereocenters. The maximum Gasteiger partial charge on any atom is 0.331 e. The van der Waals surface area contributed by atoms with Gasteiger partial charge in [-0.1, -0.05) is 40.2 Å². The lowest BCUT2D eigenvalue weighted by molar-refractivity contribution is -0.198.